The zero-order valence-corrected chi connectivity index (χ0v) is 13.2. The second kappa shape index (κ2) is 8.21. The first-order chi connectivity index (χ1) is 9.03. The summed E-state index contributed by atoms with van der Waals surface area (Å²) >= 11 is 0. The number of aliphatic hydroxyl groups excluding tert-OH is 1. The first-order valence-electron chi connectivity index (χ1n) is 7.01. The monoisotopic (exact) mass is 287 g/mol. The molecule has 0 heterocycles. The summed E-state index contributed by atoms with van der Waals surface area (Å²) in [6.07, 6.45) is 0.00489. The molecule has 0 aliphatic carbocycles. The van der Waals surface area contributed by atoms with E-state index in [0.717, 1.165) is 0 Å². The van der Waals surface area contributed by atoms with Gasteiger partial charge in [0.2, 0.25) is 11.8 Å². The Morgan fingerprint density at radius 2 is 1.75 bits per heavy atom. The van der Waals surface area contributed by atoms with Crippen molar-refractivity contribution in [2.75, 3.05) is 13.1 Å². The number of amides is 2. The van der Waals surface area contributed by atoms with Crippen LogP contribution in [0.5, 0.6) is 0 Å². The minimum Gasteiger partial charge on any atom is -0.391 e. The molecule has 0 aliphatic rings. The molecule has 0 saturated carbocycles. The van der Waals surface area contributed by atoms with E-state index in [1.807, 2.05) is 34.6 Å². The summed E-state index contributed by atoms with van der Waals surface area (Å²) in [5, 5.41) is 14.8. The van der Waals surface area contributed by atoms with E-state index >= 15 is 0 Å². The van der Waals surface area contributed by atoms with Crippen molar-refractivity contribution < 1.29 is 14.7 Å². The summed E-state index contributed by atoms with van der Waals surface area (Å²) in [4.78, 5) is 23.1. The highest BCUT2D eigenvalue weighted by molar-refractivity contribution is 5.87. The zero-order valence-electron chi connectivity index (χ0n) is 13.2. The highest BCUT2D eigenvalue weighted by Crippen LogP contribution is 2.20. The van der Waals surface area contributed by atoms with Crippen LogP contribution in [-0.4, -0.2) is 42.2 Å². The van der Waals surface area contributed by atoms with Gasteiger partial charge in [0.1, 0.15) is 0 Å². The maximum absolute atomic E-state index is 11.5. The molecule has 20 heavy (non-hydrogen) atoms. The number of aliphatic hydroxyl groups is 1. The molecule has 118 valence electrons. The van der Waals surface area contributed by atoms with Gasteiger partial charge in [0, 0.05) is 6.54 Å². The van der Waals surface area contributed by atoms with Crippen LogP contribution >= 0.6 is 0 Å². The second-order valence-corrected chi connectivity index (χ2v) is 6.71. The van der Waals surface area contributed by atoms with Gasteiger partial charge in [-0.2, -0.15) is 0 Å². The summed E-state index contributed by atoms with van der Waals surface area (Å²) in [6.45, 7) is 9.80. The average Bonchev–Trinajstić information content (AvgIpc) is 2.30. The van der Waals surface area contributed by atoms with Crippen LogP contribution in [0.15, 0.2) is 0 Å². The van der Waals surface area contributed by atoms with Crippen LogP contribution in [0.2, 0.25) is 0 Å². The van der Waals surface area contributed by atoms with Crippen molar-refractivity contribution in [3.8, 4) is 0 Å². The zero-order chi connectivity index (χ0) is 15.9. The number of hydrogen-bond acceptors (Lipinski definition) is 4. The molecule has 6 heteroatoms. The van der Waals surface area contributed by atoms with E-state index in [9.17, 15) is 14.7 Å². The summed E-state index contributed by atoms with van der Waals surface area (Å²) in [5.41, 5.74) is 5.66. The molecule has 2 amide bonds. The maximum atomic E-state index is 11.5. The van der Waals surface area contributed by atoms with Crippen LogP contribution in [0.25, 0.3) is 0 Å². The molecule has 0 bridgehead atoms. The molecular weight excluding hydrogens is 258 g/mol. The number of hydrogen-bond donors (Lipinski definition) is 4. The van der Waals surface area contributed by atoms with E-state index in [2.05, 4.69) is 10.6 Å². The van der Waals surface area contributed by atoms with Crippen molar-refractivity contribution in [3.63, 3.8) is 0 Å². The molecule has 6 nitrogen and oxygen atoms in total. The lowest BCUT2D eigenvalue weighted by molar-refractivity contribution is -0.127. The summed E-state index contributed by atoms with van der Waals surface area (Å²) < 4.78 is 0. The predicted molar refractivity (Wildman–Crippen MR) is 78.9 cm³/mol. The van der Waals surface area contributed by atoms with E-state index < -0.39 is 12.1 Å². The van der Waals surface area contributed by atoms with Crippen LogP contribution < -0.4 is 16.4 Å². The molecular formula is C14H29N3O3. The first-order valence-corrected chi connectivity index (χ1v) is 7.01. The molecule has 2 atom stereocenters. The third-order valence-electron chi connectivity index (χ3n) is 2.83. The van der Waals surface area contributed by atoms with Crippen molar-refractivity contribution >= 4 is 11.8 Å². The largest absolute Gasteiger partial charge is 0.391 e. The lowest BCUT2D eigenvalue weighted by Crippen LogP contribution is -2.47. The number of carbonyl (C=O) groups is 2. The van der Waals surface area contributed by atoms with Crippen LogP contribution in [0.4, 0.5) is 0 Å². The smallest absolute Gasteiger partial charge is 0.239 e. The number of rotatable bonds is 7. The highest BCUT2D eigenvalue weighted by atomic mass is 16.3. The molecule has 0 rings (SSSR count). The minimum atomic E-state index is -0.616. The van der Waals surface area contributed by atoms with Crippen LogP contribution in [0.3, 0.4) is 0 Å². The molecule has 0 spiro atoms. The Bertz CT molecular complexity index is 324. The Labute approximate surface area is 121 Å². The van der Waals surface area contributed by atoms with Crippen LogP contribution in [0.1, 0.15) is 41.0 Å². The fourth-order valence-electron chi connectivity index (χ4n) is 1.66. The Kier molecular flexibility index (Phi) is 7.75. The molecule has 0 radical (unpaired) electrons. The van der Waals surface area contributed by atoms with Crippen molar-refractivity contribution in [2.45, 2.75) is 53.2 Å². The predicted octanol–water partition coefficient (Wildman–Crippen LogP) is -0.000800. The SMILES string of the molecule is CC(C)[C@H](N)C(=O)NCC(=O)NCC(O)CC(C)(C)C. The third-order valence-corrected chi connectivity index (χ3v) is 2.83. The van der Waals surface area contributed by atoms with E-state index in [-0.39, 0.29) is 36.2 Å². The molecule has 0 aromatic heterocycles. The summed E-state index contributed by atoms with van der Waals surface area (Å²) in [7, 11) is 0. The quantitative estimate of drug-likeness (QED) is 0.529. The van der Waals surface area contributed by atoms with Crippen LogP contribution in [-0.2, 0) is 9.59 Å². The van der Waals surface area contributed by atoms with Gasteiger partial charge in [0.05, 0.1) is 18.7 Å². The molecule has 0 fully saturated rings. The first kappa shape index (κ1) is 18.9. The lowest BCUT2D eigenvalue weighted by atomic mass is 9.89. The molecule has 0 aromatic rings. The normalized spacial score (nSPS) is 14.8. The van der Waals surface area contributed by atoms with Gasteiger partial charge in [-0.25, -0.2) is 0 Å². The Hall–Kier alpha value is -1.14. The molecule has 1 unspecified atom stereocenters. The van der Waals surface area contributed by atoms with Crippen molar-refractivity contribution in [2.24, 2.45) is 17.1 Å². The van der Waals surface area contributed by atoms with Crippen molar-refractivity contribution in [1.82, 2.24) is 10.6 Å². The molecule has 0 aromatic carbocycles. The lowest BCUT2D eigenvalue weighted by Gasteiger charge is -2.22. The Balaban J connectivity index is 3.93. The van der Waals surface area contributed by atoms with Gasteiger partial charge in [-0.3, -0.25) is 9.59 Å². The van der Waals surface area contributed by atoms with E-state index in [1.165, 1.54) is 0 Å². The second-order valence-electron chi connectivity index (χ2n) is 6.71. The summed E-state index contributed by atoms with van der Waals surface area (Å²) in [6, 6.07) is -0.616. The molecule has 5 N–H and O–H groups in total. The molecule has 0 saturated heterocycles. The third kappa shape index (κ3) is 8.87. The highest BCUT2D eigenvalue weighted by Gasteiger charge is 2.19. The van der Waals surface area contributed by atoms with Crippen LogP contribution in [0, 0.1) is 11.3 Å². The Morgan fingerprint density at radius 1 is 1.20 bits per heavy atom. The number of carbonyl (C=O) groups excluding carboxylic acids is 2. The van der Waals surface area contributed by atoms with Crippen molar-refractivity contribution in [1.29, 1.82) is 0 Å². The molecule has 0 aliphatic heterocycles. The van der Waals surface area contributed by atoms with Gasteiger partial charge in [-0.15, -0.1) is 0 Å². The van der Waals surface area contributed by atoms with Gasteiger partial charge >= 0.3 is 0 Å². The number of nitrogens with two attached hydrogens (primary N) is 1. The van der Waals surface area contributed by atoms with Crippen molar-refractivity contribution in [3.05, 3.63) is 0 Å². The minimum absolute atomic E-state index is 0.00238. The maximum Gasteiger partial charge on any atom is 0.239 e. The number of nitrogens with one attached hydrogen (secondary N) is 2. The fourth-order valence-corrected chi connectivity index (χ4v) is 1.66. The van der Waals surface area contributed by atoms with E-state index in [4.69, 9.17) is 5.73 Å². The van der Waals surface area contributed by atoms with Gasteiger partial charge in [-0.05, 0) is 17.8 Å². The van der Waals surface area contributed by atoms with Gasteiger partial charge in [-0.1, -0.05) is 34.6 Å². The van der Waals surface area contributed by atoms with Gasteiger partial charge in [0.25, 0.3) is 0 Å². The Morgan fingerprint density at radius 3 is 2.20 bits per heavy atom. The fraction of sp³-hybridized carbons (Fsp3) is 0.857. The van der Waals surface area contributed by atoms with Gasteiger partial charge < -0.3 is 21.5 Å². The van der Waals surface area contributed by atoms with E-state index in [0.29, 0.717) is 6.42 Å². The van der Waals surface area contributed by atoms with E-state index in [1.54, 1.807) is 0 Å². The summed E-state index contributed by atoms with van der Waals surface area (Å²) in [5.74, 6) is -0.653. The standard InChI is InChI=1S/C14H29N3O3/c1-9(2)12(15)13(20)17-8-11(19)16-7-10(18)6-14(3,4)5/h9-10,12,18H,6-8,15H2,1-5H3,(H,16,19)(H,17,20)/t10?,12-/m0/s1. The topological polar surface area (TPSA) is 104 Å². The van der Waals surface area contributed by atoms with Gasteiger partial charge in [0.15, 0.2) is 0 Å². The average molecular weight is 287 g/mol.